The second kappa shape index (κ2) is 16.5. The van der Waals surface area contributed by atoms with Crippen LogP contribution in [-0.2, 0) is 0 Å². The summed E-state index contributed by atoms with van der Waals surface area (Å²) >= 11 is 2.94. The Balaban J connectivity index is 1.91. The van der Waals surface area contributed by atoms with Crippen LogP contribution >= 0.6 is 22.7 Å². The minimum absolute atomic E-state index is 0.662. The summed E-state index contributed by atoms with van der Waals surface area (Å²) in [5.41, 5.74) is 1.91. The summed E-state index contributed by atoms with van der Waals surface area (Å²) in [7, 11) is 0. The Bertz CT molecular complexity index is 1190. The number of benzene rings is 1. The molecule has 2 aromatic heterocycles. The van der Waals surface area contributed by atoms with Crippen LogP contribution in [0.3, 0.4) is 0 Å². The fraction of sp³-hybridized carbons (Fsp3) is 0.375. The first-order valence-electron chi connectivity index (χ1n) is 13.5. The molecule has 0 fully saturated rings. The van der Waals surface area contributed by atoms with E-state index in [-0.39, 0.29) is 0 Å². The number of ether oxygens (including phenoxy) is 2. The van der Waals surface area contributed by atoms with Crippen LogP contribution in [0.1, 0.15) is 95.8 Å². The average molecular weight is 545 g/mol. The van der Waals surface area contributed by atoms with Gasteiger partial charge in [0.25, 0.3) is 0 Å². The maximum atomic E-state index is 9.17. The van der Waals surface area contributed by atoms with Crippen molar-refractivity contribution in [1.29, 1.82) is 10.5 Å². The molecule has 0 amide bonds. The molecule has 3 aromatic rings. The Morgan fingerprint density at radius 3 is 1.45 bits per heavy atom. The second-order valence-corrected chi connectivity index (χ2v) is 11.3. The number of rotatable bonds is 16. The molecule has 38 heavy (non-hydrogen) atoms. The zero-order valence-electron chi connectivity index (χ0n) is 22.4. The maximum absolute atomic E-state index is 9.17. The van der Waals surface area contributed by atoms with E-state index >= 15 is 0 Å². The van der Waals surface area contributed by atoms with Crippen molar-refractivity contribution in [3.8, 4) is 23.6 Å². The highest BCUT2D eigenvalue weighted by Gasteiger charge is 2.11. The summed E-state index contributed by atoms with van der Waals surface area (Å²) in [4.78, 5) is 3.43. The molecule has 2 heterocycles. The third-order valence-corrected chi connectivity index (χ3v) is 7.89. The number of thiophene rings is 2. The third-order valence-electron chi connectivity index (χ3n) is 5.98. The van der Waals surface area contributed by atoms with E-state index in [2.05, 4.69) is 38.1 Å². The molecular weight excluding hydrogens is 508 g/mol. The number of unbranched alkanes of at least 4 members (excludes halogenated alkanes) is 6. The van der Waals surface area contributed by atoms with Crippen LogP contribution in [0.15, 0.2) is 36.4 Å². The van der Waals surface area contributed by atoms with Gasteiger partial charge in [-0.3, -0.25) is 0 Å². The van der Waals surface area contributed by atoms with Gasteiger partial charge in [0.05, 0.1) is 13.2 Å². The van der Waals surface area contributed by atoms with Crippen molar-refractivity contribution in [1.82, 2.24) is 0 Å². The van der Waals surface area contributed by atoms with Crippen molar-refractivity contribution in [3.63, 3.8) is 0 Å². The van der Waals surface area contributed by atoms with Crippen molar-refractivity contribution >= 4 is 47.0 Å². The summed E-state index contributed by atoms with van der Waals surface area (Å²) in [6, 6.07) is 16.1. The molecule has 0 radical (unpaired) electrons. The van der Waals surface area contributed by atoms with E-state index in [0.29, 0.717) is 23.0 Å². The molecule has 0 N–H and O–H groups in total. The summed E-state index contributed by atoms with van der Waals surface area (Å²) < 4.78 is 12.6. The van der Waals surface area contributed by atoms with Crippen molar-refractivity contribution in [2.45, 2.75) is 65.2 Å². The van der Waals surface area contributed by atoms with Gasteiger partial charge in [0, 0.05) is 20.9 Å². The van der Waals surface area contributed by atoms with Gasteiger partial charge in [-0.1, -0.05) is 52.4 Å². The molecule has 0 atom stereocenters. The first-order chi connectivity index (χ1) is 18.7. The highest BCUT2D eigenvalue weighted by atomic mass is 32.1. The Morgan fingerprint density at radius 2 is 1.08 bits per heavy atom. The number of hydrogen-bond donors (Lipinski definition) is 0. The molecule has 198 valence electrons. The molecule has 6 heteroatoms. The average Bonchev–Trinajstić information content (AvgIpc) is 3.60. The Labute approximate surface area is 235 Å². The minimum Gasteiger partial charge on any atom is -0.493 e. The molecule has 3 rings (SSSR count). The van der Waals surface area contributed by atoms with E-state index in [4.69, 9.17) is 20.0 Å². The van der Waals surface area contributed by atoms with Crippen LogP contribution < -0.4 is 9.47 Å². The van der Waals surface area contributed by atoms with E-state index in [1.807, 2.05) is 48.6 Å². The van der Waals surface area contributed by atoms with Crippen molar-refractivity contribution in [2.24, 2.45) is 0 Å². The lowest BCUT2D eigenvalue weighted by Crippen LogP contribution is -2.03. The highest BCUT2D eigenvalue weighted by molar-refractivity contribution is 7.13. The van der Waals surface area contributed by atoms with Crippen molar-refractivity contribution < 1.29 is 9.47 Å². The van der Waals surface area contributed by atoms with Crippen LogP contribution in [0.2, 0.25) is 0 Å². The van der Waals surface area contributed by atoms with Gasteiger partial charge in [-0.05, 0) is 73.5 Å². The standard InChI is InChI=1S/C32H36N2O2S2/c1-3-5-7-9-19-35-31-21-26(12-14-28-16-18-30(24-34)38-28)32(36-20-10-8-6-4-2)22-25(31)11-13-27-15-17-29(23-33)37-27/h11-18,21-22H,3-10,19-20H2,1-2H3/b13-11+,14-12+. The van der Waals surface area contributed by atoms with E-state index < -0.39 is 0 Å². The SMILES string of the molecule is CCCCCCOc1cc(/C=C/c2ccc(C#N)s2)c(OCCCCCC)cc1/C=C/c1ccc(C#N)s1. The van der Waals surface area contributed by atoms with Crippen LogP contribution in [0, 0.1) is 22.7 Å². The molecule has 0 aliphatic rings. The van der Waals surface area contributed by atoms with Gasteiger partial charge >= 0.3 is 0 Å². The summed E-state index contributed by atoms with van der Waals surface area (Å²) in [6.45, 7) is 5.74. The van der Waals surface area contributed by atoms with Crippen LogP contribution in [0.5, 0.6) is 11.5 Å². The quantitative estimate of drug-likeness (QED) is 0.168. The van der Waals surface area contributed by atoms with Gasteiger partial charge in [0.2, 0.25) is 0 Å². The van der Waals surface area contributed by atoms with E-state index in [0.717, 1.165) is 58.1 Å². The zero-order chi connectivity index (χ0) is 27.0. The topological polar surface area (TPSA) is 66.0 Å². The van der Waals surface area contributed by atoms with Gasteiger partial charge in [0.1, 0.15) is 33.4 Å². The minimum atomic E-state index is 0.662. The maximum Gasteiger partial charge on any atom is 0.127 e. The van der Waals surface area contributed by atoms with Gasteiger partial charge < -0.3 is 9.47 Å². The van der Waals surface area contributed by atoms with E-state index in [9.17, 15) is 0 Å². The normalized spacial score (nSPS) is 11.2. The first kappa shape index (κ1) is 29.2. The van der Waals surface area contributed by atoms with Crippen molar-refractivity contribution in [3.05, 3.63) is 67.0 Å². The highest BCUT2D eigenvalue weighted by Crippen LogP contribution is 2.33. The molecule has 4 nitrogen and oxygen atoms in total. The van der Waals surface area contributed by atoms with Gasteiger partial charge in [-0.15, -0.1) is 22.7 Å². The molecule has 0 saturated carbocycles. The molecule has 0 spiro atoms. The van der Waals surface area contributed by atoms with Crippen LogP contribution in [-0.4, -0.2) is 13.2 Å². The molecule has 0 bridgehead atoms. The fourth-order valence-corrected chi connectivity index (χ4v) is 5.29. The Morgan fingerprint density at radius 1 is 0.632 bits per heavy atom. The van der Waals surface area contributed by atoms with Gasteiger partial charge in [0.15, 0.2) is 0 Å². The van der Waals surface area contributed by atoms with E-state index in [1.165, 1.54) is 48.4 Å². The zero-order valence-corrected chi connectivity index (χ0v) is 24.0. The number of hydrogen-bond acceptors (Lipinski definition) is 6. The number of nitriles is 2. The smallest absolute Gasteiger partial charge is 0.127 e. The lowest BCUT2D eigenvalue weighted by atomic mass is 10.1. The van der Waals surface area contributed by atoms with E-state index in [1.54, 1.807) is 0 Å². The third kappa shape index (κ3) is 9.53. The van der Waals surface area contributed by atoms with Crippen LogP contribution in [0.25, 0.3) is 24.3 Å². The predicted octanol–water partition coefficient (Wildman–Crippen LogP) is 9.81. The first-order valence-corrected chi connectivity index (χ1v) is 15.1. The molecule has 0 unspecified atom stereocenters. The molecule has 0 aliphatic carbocycles. The van der Waals surface area contributed by atoms with Gasteiger partial charge in [-0.2, -0.15) is 10.5 Å². The lowest BCUT2D eigenvalue weighted by molar-refractivity contribution is 0.296. The predicted molar refractivity (Wildman–Crippen MR) is 162 cm³/mol. The molecule has 0 saturated heterocycles. The second-order valence-electron chi connectivity index (χ2n) is 9.04. The number of nitrogens with zero attached hydrogens (tertiary/aromatic N) is 2. The Hall–Kier alpha value is -3.32. The monoisotopic (exact) mass is 544 g/mol. The Kier molecular flexibility index (Phi) is 12.7. The molecular formula is C32H36N2O2S2. The summed E-state index contributed by atoms with van der Waals surface area (Å²) in [5, 5.41) is 18.3. The molecule has 0 aliphatic heterocycles. The van der Waals surface area contributed by atoms with Gasteiger partial charge in [-0.25, -0.2) is 0 Å². The summed E-state index contributed by atoms with van der Waals surface area (Å²) in [6.07, 6.45) is 17.3. The lowest BCUT2D eigenvalue weighted by Gasteiger charge is -2.15. The van der Waals surface area contributed by atoms with Crippen LogP contribution in [0.4, 0.5) is 0 Å². The fourth-order valence-electron chi connectivity index (χ4n) is 3.87. The largest absolute Gasteiger partial charge is 0.493 e. The van der Waals surface area contributed by atoms with Crippen molar-refractivity contribution in [2.75, 3.05) is 13.2 Å². The summed E-state index contributed by atoms with van der Waals surface area (Å²) in [5.74, 6) is 1.63. The molecule has 1 aromatic carbocycles.